The molecule has 22 heavy (non-hydrogen) atoms. The number of amides is 2. The van der Waals surface area contributed by atoms with E-state index in [1.807, 2.05) is 0 Å². The number of rotatable bonds is 5. The van der Waals surface area contributed by atoms with Crippen LogP contribution in [0.25, 0.3) is 0 Å². The first-order valence-electron chi connectivity index (χ1n) is 6.12. The number of nitrogens with one attached hydrogen (secondary N) is 2. The van der Waals surface area contributed by atoms with E-state index in [0.717, 1.165) is 0 Å². The molecule has 0 saturated heterocycles. The van der Waals surface area contributed by atoms with Crippen molar-refractivity contribution < 1.29 is 23.9 Å². The highest BCUT2D eigenvalue weighted by molar-refractivity contribution is 9.10. The Kier molecular flexibility index (Phi) is 4.95. The number of halogens is 1. The Morgan fingerprint density at radius 2 is 1.73 bits per heavy atom. The molecule has 1 heterocycles. The highest BCUT2D eigenvalue weighted by Crippen LogP contribution is 2.16. The molecule has 0 bridgehead atoms. The fourth-order valence-corrected chi connectivity index (χ4v) is 1.90. The van der Waals surface area contributed by atoms with E-state index in [1.165, 1.54) is 30.3 Å². The van der Waals surface area contributed by atoms with E-state index in [-0.39, 0.29) is 5.76 Å². The molecule has 0 aliphatic carbocycles. The summed E-state index contributed by atoms with van der Waals surface area (Å²) in [6, 6.07) is 9.14. The lowest BCUT2D eigenvalue weighted by Gasteiger charge is -2.05. The Hall–Kier alpha value is -2.61. The average molecular weight is 367 g/mol. The molecule has 8 heteroatoms. The maximum atomic E-state index is 11.9. The Balaban J connectivity index is 1.98. The molecule has 0 atom stereocenters. The zero-order valence-electron chi connectivity index (χ0n) is 11.1. The number of hydrogen-bond donors (Lipinski definition) is 3. The second-order valence-corrected chi connectivity index (χ2v) is 4.99. The predicted octanol–water partition coefficient (Wildman–Crippen LogP) is 2.11. The Labute approximate surface area is 133 Å². The van der Waals surface area contributed by atoms with Crippen LogP contribution in [-0.2, 0) is 4.79 Å². The number of hydrogen-bond acceptors (Lipinski definition) is 4. The van der Waals surface area contributed by atoms with Gasteiger partial charge in [-0.15, -0.1) is 0 Å². The molecular formula is C14H11BrN2O5. The monoisotopic (exact) mass is 366 g/mol. The topological polar surface area (TPSA) is 109 Å². The van der Waals surface area contributed by atoms with Crippen LogP contribution in [0.1, 0.15) is 20.9 Å². The maximum absolute atomic E-state index is 11.9. The quantitative estimate of drug-likeness (QED) is 0.750. The van der Waals surface area contributed by atoms with Crippen molar-refractivity contribution in [1.82, 2.24) is 5.32 Å². The molecule has 2 rings (SSSR count). The zero-order chi connectivity index (χ0) is 16.1. The van der Waals surface area contributed by atoms with Crippen LogP contribution in [0.4, 0.5) is 5.69 Å². The van der Waals surface area contributed by atoms with Crippen LogP contribution in [0.3, 0.4) is 0 Å². The third-order valence-electron chi connectivity index (χ3n) is 2.60. The summed E-state index contributed by atoms with van der Waals surface area (Å²) in [4.78, 5) is 33.9. The molecule has 0 spiro atoms. The summed E-state index contributed by atoms with van der Waals surface area (Å²) in [5.41, 5.74) is 0.771. The van der Waals surface area contributed by atoms with Crippen LogP contribution in [0.2, 0.25) is 0 Å². The minimum absolute atomic E-state index is 0.148. The first-order chi connectivity index (χ1) is 10.5. The largest absolute Gasteiger partial charge is 0.480 e. The number of carbonyl (C=O) groups is 3. The van der Waals surface area contributed by atoms with Gasteiger partial charge in [-0.2, -0.15) is 0 Å². The van der Waals surface area contributed by atoms with Crippen molar-refractivity contribution in [3.63, 3.8) is 0 Å². The summed E-state index contributed by atoms with van der Waals surface area (Å²) in [6.45, 7) is -0.454. The van der Waals surface area contributed by atoms with E-state index in [2.05, 4.69) is 26.6 Å². The van der Waals surface area contributed by atoms with Gasteiger partial charge < -0.3 is 20.2 Å². The van der Waals surface area contributed by atoms with E-state index in [0.29, 0.717) is 15.9 Å². The van der Waals surface area contributed by atoms with Crippen LogP contribution >= 0.6 is 15.9 Å². The van der Waals surface area contributed by atoms with Crippen LogP contribution in [0.5, 0.6) is 0 Å². The van der Waals surface area contributed by atoms with Gasteiger partial charge >= 0.3 is 5.97 Å². The smallest absolute Gasteiger partial charge is 0.322 e. The summed E-state index contributed by atoms with van der Waals surface area (Å²) in [6.07, 6.45) is 0. The van der Waals surface area contributed by atoms with E-state index < -0.39 is 24.3 Å². The lowest BCUT2D eigenvalue weighted by Crippen LogP contribution is -2.29. The van der Waals surface area contributed by atoms with Crippen LogP contribution in [0.15, 0.2) is 45.5 Å². The number of aliphatic carboxylic acids is 1. The molecular weight excluding hydrogens is 356 g/mol. The molecule has 0 unspecified atom stereocenters. The predicted molar refractivity (Wildman–Crippen MR) is 80.8 cm³/mol. The lowest BCUT2D eigenvalue weighted by atomic mass is 10.2. The normalized spacial score (nSPS) is 10.0. The van der Waals surface area contributed by atoms with Gasteiger partial charge in [-0.1, -0.05) is 0 Å². The van der Waals surface area contributed by atoms with Crippen molar-refractivity contribution >= 4 is 39.4 Å². The summed E-state index contributed by atoms with van der Waals surface area (Å²) in [5, 5.41) is 13.3. The number of anilines is 1. The first kappa shape index (κ1) is 15.8. The second kappa shape index (κ2) is 6.90. The molecule has 2 aromatic rings. The fourth-order valence-electron chi connectivity index (χ4n) is 1.59. The standard InChI is InChI=1S/C14H11BrN2O5/c15-11-6-5-10(22-11)14(21)17-9-3-1-8(2-4-9)13(20)16-7-12(18)19/h1-6H,7H2,(H,16,20)(H,17,21)(H,18,19). The molecule has 0 aliphatic rings. The highest BCUT2D eigenvalue weighted by atomic mass is 79.9. The van der Waals surface area contributed by atoms with Crippen molar-refractivity contribution in [2.75, 3.05) is 11.9 Å². The summed E-state index contributed by atoms with van der Waals surface area (Å²) >= 11 is 3.10. The zero-order valence-corrected chi connectivity index (χ0v) is 12.7. The van der Waals surface area contributed by atoms with Crippen molar-refractivity contribution in [2.24, 2.45) is 0 Å². The summed E-state index contributed by atoms with van der Waals surface area (Å²) in [5.74, 6) is -1.90. The first-order valence-corrected chi connectivity index (χ1v) is 6.92. The Morgan fingerprint density at radius 3 is 2.27 bits per heavy atom. The number of carboxylic acid groups (broad SMARTS) is 1. The number of benzene rings is 1. The third kappa shape index (κ3) is 4.19. The van der Waals surface area contributed by atoms with Gasteiger partial charge in [-0.3, -0.25) is 14.4 Å². The van der Waals surface area contributed by atoms with E-state index in [9.17, 15) is 14.4 Å². The van der Waals surface area contributed by atoms with Gasteiger partial charge in [-0.25, -0.2) is 0 Å². The molecule has 0 radical (unpaired) electrons. The molecule has 0 saturated carbocycles. The van der Waals surface area contributed by atoms with Crippen molar-refractivity contribution in [2.45, 2.75) is 0 Å². The fraction of sp³-hybridized carbons (Fsp3) is 0.0714. The third-order valence-corrected chi connectivity index (χ3v) is 3.03. The number of carbonyl (C=O) groups excluding carboxylic acids is 2. The minimum atomic E-state index is -1.12. The lowest BCUT2D eigenvalue weighted by molar-refractivity contribution is -0.135. The van der Waals surface area contributed by atoms with Crippen molar-refractivity contribution in [3.05, 3.63) is 52.4 Å². The van der Waals surface area contributed by atoms with Gasteiger partial charge in [-0.05, 0) is 52.3 Å². The molecule has 3 N–H and O–H groups in total. The van der Waals surface area contributed by atoms with Crippen LogP contribution in [0, 0.1) is 0 Å². The Bertz CT molecular complexity index is 708. The number of carboxylic acids is 1. The summed E-state index contributed by atoms with van der Waals surface area (Å²) in [7, 11) is 0. The van der Waals surface area contributed by atoms with Gasteiger partial charge in [0.1, 0.15) is 6.54 Å². The molecule has 2 amide bonds. The molecule has 114 valence electrons. The molecule has 0 aliphatic heterocycles. The van der Waals surface area contributed by atoms with Gasteiger partial charge in [0.05, 0.1) is 0 Å². The maximum Gasteiger partial charge on any atom is 0.322 e. The van der Waals surface area contributed by atoms with Crippen LogP contribution < -0.4 is 10.6 Å². The van der Waals surface area contributed by atoms with Gasteiger partial charge in [0, 0.05) is 11.3 Å². The second-order valence-electron chi connectivity index (χ2n) is 4.21. The van der Waals surface area contributed by atoms with Crippen LogP contribution in [-0.4, -0.2) is 29.4 Å². The number of furan rings is 1. The molecule has 1 aromatic heterocycles. The average Bonchev–Trinajstić information content (AvgIpc) is 2.92. The molecule has 0 fully saturated rings. The Morgan fingerprint density at radius 1 is 1.05 bits per heavy atom. The van der Waals surface area contributed by atoms with Gasteiger partial charge in [0.2, 0.25) is 0 Å². The summed E-state index contributed by atoms with van der Waals surface area (Å²) < 4.78 is 5.57. The SMILES string of the molecule is O=C(O)CNC(=O)c1ccc(NC(=O)c2ccc(Br)o2)cc1. The van der Waals surface area contributed by atoms with Gasteiger partial charge in [0.15, 0.2) is 10.4 Å². The highest BCUT2D eigenvalue weighted by Gasteiger charge is 2.11. The van der Waals surface area contributed by atoms with Crippen molar-refractivity contribution in [3.8, 4) is 0 Å². The molecule has 7 nitrogen and oxygen atoms in total. The van der Waals surface area contributed by atoms with E-state index in [4.69, 9.17) is 9.52 Å². The van der Waals surface area contributed by atoms with Gasteiger partial charge in [0.25, 0.3) is 11.8 Å². The van der Waals surface area contributed by atoms with Crippen molar-refractivity contribution in [1.29, 1.82) is 0 Å². The van der Waals surface area contributed by atoms with E-state index in [1.54, 1.807) is 6.07 Å². The minimum Gasteiger partial charge on any atom is -0.480 e. The molecule has 1 aromatic carbocycles. The van der Waals surface area contributed by atoms with E-state index >= 15 is 0 Å².